The zero-order chi connectivity index (χ0) is 15.8. The molecular weight excluding hydrogens is 294 g/mol. The first-order valence-electron chi connectivity index (χ1n) is 8.40. The molecule has 0 aromatic heterocycles. The second kappa shape index (κ2) is 3.28. The Balaban J connectivity index is 1.74. The molecule has 1 aromatic carbocycles. The van der Waals surface area contributed by atoms with Gasteiger partial charge in [-0.15, -0.1) is 0 Å². The highest BCUT2D eigenvalue weighted by molar-refractivity contribution is 5.90. The van der Waals surface area contributed by atoms with Gasteiger partial charge in [-0.3, -0.25) is 9.69 Å². The van der Waals surface area contributed by atoms with E-state index in [9.17, 15) is 15.0 Å². The molecule has 2 spiro atoms. The van der Waals surface area contributed by atoms with E-state index in [1.165, 1.54) is 0 Å². The molecule has 2 unspecified atom stereocenters. The van der Waals surface area contributed by atoms with Crippen LogP contribution >= 0.6 is 0 Å². The van der Waals surface area contributed by atoms with Crippen molar-refractivity contribution >= 4 is 5.78 Å². The van der Waals surface area contributed by atoms with Gasteiger partial charge in [0.05, 0.1) is 11.0 Å². The van der Waals surface area contributed by atoms with Gasteiger partial charge in [0.25, 0.3) is 0 Å². The zero-order valence-corrected chi connectivity index (χ0v) is 13.0. The molecule has 2 heterocycles. The number of fused-ring (bicyclic) bond motifs is 1. The maximum Gasteiger partial charge on any atom is 0.174 e. The number of ketones is 1. The number of carbonyl (C=O) groups is 1. The molecule has 2 N–H and O–H groups in total. The fourth-order valence-electron chi connectivity index (χ4n) is 7.09. The maximum absolute atomic E-state index is 12.6. The summed E-state index contributed by atoms with van der Waals surface area (Å²) in [6.07, 6.45) is 1.91. The van der Waals surface area contributed by atoms with Gasteiger partial charge in [-0.05, 0) is 37.9 Å². The van der Waals surface area contributed by atoms with Crippen LogP contribution in [-0.2, 0) is 16.6 Å². The average Bonchev–Trinajstić information content (AvgIpc) is 2.91. The number of likely N-dealkylation sites (N-methyl/N-ethyl adjacent to an activating group) is 1. The Hall–Kier alpha value is -1.59. The van der Waals surface area contributed by atoms with E-state index in [0.717, 1.165) is 30.5 Å². The number of carbonyl (C=O) groups excluding carboxylic acids is 1. The Labute approximate surface area is 133 Å². The molecule has 2 bridgehead atoms. The van der Waals surface area contributed by atoms with Crippen molar-refractivity contribution < 1.29 is 19.7 Å². The summed E-state index contributed by atoms with van der Waals surface area (Å²) in [7, 11) is 2.06. The molecule has 0 radical (unpaired) electrons. The van der Waals surface area contributed by atoms with E-state index in [0.29, 0.717) is 18.6 Å². The molecule has 5 nitrogen and oxygen atoms in total. The third kappa shape index (κ3) is 1.02. The van der Waals surface area contributed by atoms with Gasteiger partial charge >= 0.3 is 0 Å². The molecule has 2 saturated carbocycles. The van der Waals surface area contributed by atoms with Crippen molar-refractivity contribution in [1.29, 1.82) is 0 Å². The Kier molecular flexibility index (Phi) is 1.82. The molecule has 2 aliphatic heterocycles. The van der Waals surface area contributed by atoms with Crippen LogP contribution in [-0.4, -0.2) is 52.2 Å². The fourth-order valence-corrected chi connectivity index (χ4v) is 7.09. The van der Waals surface area contributed by atoms with Crippen LogP contribution in [0, 0.1) is 5.41 Å². The molecule has 0 amide bonds. The van der Waals surface area contributed by atoms with Crippen LogP contribution in [0.1, 0.15) is 30.4 Å². The lowest BCUT2D eigenvalue weighted by Gasteiger charge is -2.57. The average molecular weight is 313 g/mol. The van der Waals surface area contributed by atoms with E-state index in [-0.39, 0.29) is 23.0 Å². The first-order chi connectivity index (χ1) is 10.9. The van der Waals surface area contributed by atoms with Crippen molar-refractivity contribution in [2.24, 2.45) is 5.41 Å². The predicted octanol–water partition coefficient (Wildman–Crippen LogP) is 0.745. The summed E-state index contributed by atoms with van der Waals surface area (Å²) >= 11 is 0. The fraction of sp³-hybridized carbons (Fsp3) is 0.611. The van der Waals surface area contributed by atoms with Crippen molar-refractivity contribution in [3.8, 4) is 11.5 Å². The molecule has 3 aliphatic carbocycles. The predicted molar refractivity (Wildman–Crippen MR) is 80.6 cm³/mol. The molecule has 5 atom stereocenters. The van der Waals surface area contributed by atoms with Crippen molar-refractivity contribution in [1.82, 2.24) is 4.90 Å². The van der Waals surface area contributed by atoms with Gasteiger partial charge in [0, 0.05) is 30.0 Å². The van der Waals surface area contributed by atoms with Crippen molar-refractivity contribution in [2.75, 3.05) is 13.6 Å². The van der Waals surface area contributed by atoms with Gasteiger partial charge in [0.1, 0.15) is 0 Å². The topological polar surface area (TPSA) is 70.0 Å². The summed E-state index contributed by atoms with van der Waals surface area (Å²) in [6.45, 7) is 0.957. The van der Waals surface area contributed by atoms with E-state index in [2.05, 4.69) is 11.9 Å². The molecule has 3 fully saturated rings. The zero-order valence-electron chi connectivity index (χ0n) is 13.0. The first-order valence-corrected chi connectivity index (χ1v) is 8.40. The van der Waals surface area contributed by atoms with Crippen LogP contribution in [0.15, 0.2) is 12.1 Å². The maximum atomic E-state index is 12.6. The third-order valence-electron chi connectivity index (χ3n) is 7.38. The smallest absolute Gasteiger partial charge is 0.174 e. The van der Waals surface area contributed by atoms with E-state index in [1.54, 1.807) is 6.07 Å². The number of aromatic hydroxyl groups is 1. The number of hydrogen-bond donors (Lipinski definition) is 2. The number of benzene rings is 1. The minimum absolute atomic E-state index is 0.0430. The molecule has 1 aromatic rings. The molecule has 23 heavy (non-hydrogen) atoms. The Morgan fingerprint density at radius 2 is 2.22 bits per heavy atom. The summed E-state index contributed by atoms with van der Waals surface area (Å²) in [5.41, 5.74) is 0.505. The van der Waals surface area contributed by atoms with Gasteiger partial charge in [-0.25, -0.2) is 0 Å². The summed E-state index contributed by atoms with van der Waals surface area (Å²) in [6, 6.07) is 3.71. The minimum Gasteiger partial charge on any atom is -0.504 e. The Bertz CT molecular complexity index is 806. The molecule has 6 rings (SSSR count). The monoisotopic (exact) mass is 313 g/mol. The highest BCUT2D eigenvalue weighted by Crippen LogP contribution is 2.74. The summed E-state index contributed by atoms with van der Waals surface area (Å²) < 4.78 is 6.01. The summed E-state index contributed by atoms with van der Waals surface area (Å²) in [5.74, 6) is 0.600. The quantitative estimate of drug-likeness (QED) is 0.739. The number of Topliss-reactive ketones (excluding diaryl/α,β-unsaturated/α-hetero) is 1. The first kappa shape index (κ1) is 12.8. The normalized spacial score (nSPS) is 48.5. The van der Waals surface area contributed by atoms with Gasteiger partial charge in [0.15, 0.2) is 23.4 Å². The molecule has 1 saturated heterocycles. The SMILES string of the molecule is CN1CC23Cc4ccc(O)c5c4[C@@]4(C2)[C@@H](O5)C(=O)CCC4(O)[C@H]13. The molecular formula is C18H19NO4. The summed E-state index contributed by atoms with van der Waals surface area (Å²) in [5, 5.41) is 22.1. The van der Waals surface area contributed by atoms with Gasteiger partial charge < -0.3 is 14.9 Å². The Morgan fingerprint density at radius 3 is 3.00 bits per heavy atom. The number of hydrogen-bond acceptors (Lipinski definition) is 5. The lowest BCUT2D eigenvalue weighted by Crippen LogP contribution is -2.71. The van der Waals surface area contributed by atoms with Crippen LogP contribution in [0.25, 0.3) is 0 Å². The van der Waals surface area contributed by atoms with Crippen LogP contribution in [0.5, 0.6) is 11.5 Å². The second-order valence-corrected chi connectivity index (χ2v) is 8.34. The van der Waals surface area contributed by atoms with Crippen molar-refractivity contribution in [2.45, 2.75) is 48.8 Å². The standard InChI is InChI=1S/C18H19NO4/c1-19-8-16-6-9-2-3-10(20)13-12(9)17(7-16)14(23-13)11(21)4-5-18(17,22)15(16)19/h2-3,14-15,20,22H,4-8H2,1H3/t14-,15+,16?,17-,18?/m0/s1. The van der Waals surface area contributed by atoms with E-state index in [1.807, 2.05) is 6.07 Å². The van der Waals surface area contributed by atoms with Gasteiger partial charge in [-0.1, -0.05) is 6.07 Å². The third-order valence-corrected chi connectivity index (χ3v) is 7.38. The van der Waals surface area contributed by atoms with Gasteiger partial charge in [0.2, 0.25) is 0 Å². The highest BCUT2D eigenvalue weighted by Gasteiger charge is 2.82. The largest absolute Gasteiger partial charge is 0.504 e. The minimum atomic E-state index is -0.942. The lowest BCUT2D eigenvalue weighted by molar-refractivity contribution is -0.165. The second-order valence-electron chi connectivity index (χ2n) is 8.34. The molecule has 5 heteroatoms. The Morgan fingerprint density at radius 1 is 1.39 bits per heavy atom. The summed E-state index contributed by atoms with van der Waals surface area (Å²) in [4.78, 5) is 14.9. The van der Waals surface area contributed by atoms with Crippen molar-refractivity contribution in [3.63, 3.8) is 0 Å². The molecule has 5 aliphatic rings. The van der Waals surface area contributed by atoms with Gasteiger partial charge in [-0.2, -0.15) is 0 Å². The lowest BCUT2D eigenvalue weighted by atomic mass is 9.57. The van der Waals surface area contributed by atoms with Crippen LogP contribution in [0.4, 0.5) is 0 Å². The number of phenolic OH excluding ortho intramolecular Hbond substituents is 1. The van der Waals surface area contributed by atoms with Crippen LogP contribution in [0.2, 0.25) is 0 Å². The van der Waals surface area contributed by atoms with E-state index in [4.69, 9.17) is 4.74 Å². The van der Waals surface area contributed by atoms with E-state index >= 15 is 0 Å². The van der Waals surface area contributed by atoms with E-state index < -0.39 is 17.1 Å². The highest BCUT2D eigenvalue weighted by atomic mass is 16.5. The number of ether oxygens (including phenoxy) is 1. The number of phenols is 1. The number of aliphatic hydroxyl groups is 1. The van der Waals surface area contributed by atoms with Crippen LogP contribution in [0.3, 0.4) is 0 Å². The molecule has 120 valence electrons. The van der Waals surface area contributed by atoms with Crippen molar-refractivity contribution in [3.05, 3.63) is 23.3 Å². The number of likely N-dealkylation sites (tertiary alicyclic amines) is 1. The van der Waals surface area contributed by atoms with Crippen LogP contribution < -0.4 is 4.74 Å². The number of nitrogens with zero attached hydrogens (tertiary/aromatic N) is 1. The number of rotatable bonds is 0.